The molecule has 0 saturated carbocycles. The Kier molecular flexibility index (Phi) is 7.21. The van der Waals surface area contributed by atoms with Gasteiger partial charge in [-0.2, -0.15) is 0 Å². The molecule has 1 aromatic carbocycles. The normalized spacial score (nSPS) is 16.7. The number of piperazine rings is 1. The minimum absolute atomic E-state index is 0.00334. The molecule has 0 unspecified atom stereocenters. The van der Waals surface area contributed by atoms with Gasteiger partial charge in [-0.05, 0) is 12.5 Å². The van der Waals surface area contributed by atoms with Crippen LogP contribution in [0.15, 0.2) is 30.3 Å². The Morgan fingerprint density at radius 3 is 2.46 bits per heavy atom. The van der Waals surface area contributed by atoms with E-state index in [1.54, 1.807) is 7.11 Å². The van der Waals surface area contributed by atoms with Crippen LogP contribution >= 0.6 is 0 Å². The fourth-order valence-corrected chi connectivity index (χ4v) is 2.85. The van der Waals surface area contributed by atoms with Crippen molar-refractivity contribution < 1.29 is 14.3 Å². The lowest BCUT2D eigenvalue weighted by Crippen LogP contribution is -2.52. The Hall–Kier alpha value is -1.92. The summed E-state index contributed by atoms with van der Waals surface area (Å²) in [5, 5.41) is 2.91. The Morgan fingerprint density at radius 1 is 1.17 bits per heavy atom. The van der Waals surface area contributed by atoms with Gasteiger partial charge >= 0.3 is 0 Å². The van der Waals surface area contributed by atoms with Gasteiger partial charge in [0.25, 0.3) is 0 Å². The largest absolute Gasteiger partial charge is 0.383 e. The number of rotatable bonds is 7. The van der Waals surface area contributed by atoms with Gasteiger partial charge in [0, 0.05) is 39.3 Å². The van der Waals surface area contributed by atoms with Gasteiger partial charge in [-0.1, -0.05) is 30.3 Å². The molecule has 1 aliphatic rings. The molecule has 0 aromatic heterocycles. The van der Waals surface area contributed by atoms with Crippen LogP contribution in [0.5, 0.6) is 0 Å². The topological polar surface area (TPSA) is 61.9 Å². The Labute approximate surface area is 143 Å². The quantitative estimate of drug-likeness (QED) is 0.790. The first-order chi connectivity index (χ1) is 11.6. The van der Waals surface area contributed by atoms with Gasteiger partial charge in [0.2, 0.25) is 11.8 Å². The number of carbonyl (C=O) groups excluding carboxylic acids is 2. The lowest BCUT2D eigenvalue weighted by molar-refractivity contribution is -0.132. The molecule has 2 amide bonds. The highest BCUT2D eigenvalue weighted by molar-refractivity contribution is 5.79. The number of methoxy groups -OCH3 is 1. The molecular formula is C18H27N3O3. The highest BCUT2D eigenvalue weighted by atomic mass is 16.5. The van der Waals surface area contributed by atoms with Gasteiger partial charge in [0.1, 0.15) is 0 Å². The second-order valence-electron chi connectivity index (χ2n) is 6.24. The summed E-state index contributed by atoms with van der Waals surface area (Å²) in [5.74, 6) is 0.155. The smallest absolute Gasteiger partial charge is 0.234 e. The van der Waals surface area contributed by atoms with Crippen LogP contribution in [0.3, 0.4) is 0 Å². The molecule has 132 valence electrons. The van der Waals surface area contributed by atoms with Crippen molar-refractivity contribution in [3.8, 4) is 0 Å². The molecule has 1 saturated heterocycles. The van der Waals surface area contributed by atoms with Gasteiger partial charge in [-0.3, -0.25) is 14.5 Å². The van der Waals surface area contributed by atoms with Crippen LogP contribution in [0, 0.1) is 0 Å². The molecule has 0 spiro atoms. The molecule has 0 bridgehead atoms. The van der Waals surface area contributed by atoms with E-state index in [0.717, 1.165) is 18.7 Å². The van der Waals surface area contributed by atoms with E-state index in [1.807, 2.05) is 42.2 Å². The van der Waals surface area contributed by atoms with Crippen molar-refractivity contribution in [3.05, 3.63) is 35.9 Å². The minimum atomic E-state index is 0.00334. The second-order valence-corrected chi connectivity index (χ2v) is 6.24. The van der Waals surface area contributed by atoms with E-state index < -0.39 is 0 Å². The van der Waals surface area contributed by atoms with E-state index in [1.165, 1.54) is 0 Å². The van der Waals surface area contributed by atoms with E-state index in [4.69, 9.17) is 4.74 Å². The van der Waals surface area contributed by atoms with Crippen molar-refractivity contribution in [2.24, 2.45) is 0 Å². The zero-order valence-corrected chi connectivity index (χ0v) is 14.5. The number of amides is 2. The zero-order chi connectivity index (χ0) is 17.4. The minimum Gasteiger partial charge on any atom is -0.383 e. The van der Waals surface area contributed by atoms with Crippen molar-refractivity contribution in [2.45, 2.75) is 19.4 Å². The third-order valence-corrected chi connectivity index (χ3v) is 4.11. The summed E-state index contributed by atoms with van der Waals surface area (Å²) in [4.78, 5) is 28.3. The van der Waals surface area contributed by atoms with Gasteiger partial charge in [-0.15, -0.1) is 0 Å². The first-order valence-corrected chi connectivity index (χ1v) is 8.41. The molecule has 1 atom stereocenters. The average molecular weight is 333 g/mol. The number of ether oxygens (including phenoxy) is 1. The summed E-state index contributed by atoms with van der Waals surface area (Å²) in [6.45, 7) is 5.60. The predicted molar refractivity (Wildman–Crippen MR) is 92.6 cm³/mol. The van der Waals surface area contributed by atoms with Crippen molar-refractivity contribution >= 4 is 11.8 Å². The molecule has 1 fully saturated rings. The summed E-state index contributed by atoms with van der Waals surface area (Å²) in [5.41, 5.74) is 1.04. The molecule has 0 radical (unpaired) electrons. The molecule has 6 heteroatoms. The van der Waals surface area contributed by atoms with Gasteiger partial charge in [0.05, 0.1) is 19.6 Å². The number of carbonyl (C=O) groups is 2. The first-order valence-electron chi connectivity index (χ1n) is 8.41. The van der Waals surface area contributed by atoms with E-state index in [9.17, 15) is 9.59 Å². The zero-order valence-electron chi connectivity index (χ0n) is 14.5. The third kappa shape index (κ3) is 5.94. The van der Waals surface area contributed by atoms with E-state index in [2.05, 4.69) is 10.2 Å². The third-order valence-electron chi connectivity index (χ3n) is 4.11. The van der Waals surface area contributed by atoms with Gasteiger partial charge in [-0.25, -0.2) is 0 Å². The maximum Gasteiger partial charge on any atom is 0.234 e. The van der Waals surface area contributed by atoms with Crippen molar-refractivity contribution in [2.75, 3.05) is 46.4 Å². The molecule has 6 nitrogen and oxygen atoms in total. The molecule has 2 rings (SSSR count). The number of nitrogens with zero attached hydrogens (tertiary/aromatic N) is 2. The number of benzene rings is 1. The lowest BCUT2D eigenvalue weighted by Gasteiger charge is -2.34. The summed E-state index contributed by atoms with van der Waals surface area (Å²) in [6, 6.07) is 9.80. The molecule has 1 N–H and O–H groups in total. The van der Waals surface area contributed by atoms with Crippen LogP contribution in [-0.4, -0.2) is 74.1 Å². The number of hydrogen-bond donors (Lipinski definition) is 1. The predicted octanol–water partition coefficient (Wildman–Crippen LogP) is 0.524. The fourth-order valence-electron chi connectivity index (χ4n) is 2.85. The first kappa shape index (κ1) is 18.4. The van der Waals surface area contributed by atoms with Crippen LogP contribution in [0.25, 0.3) is 0 Å². The molecule has 0 aliphatic carbocycles. The summed E-state index contributed by atoms with van der Waals surface area (Å²) in [6.07, 6.45) is 0.440. The average Bonchev–Trinajstić information content (AvgIpc) is 2.56. The van der Waals surface area contributed by atoms with E-state index >= 15 is 0 Å². The molecule has 1 heterocycles. The van der Waals surface area contributed by atoms with E-state index in [0.29, 0.717) is 32.7 Å². The summed E-state index contributed by atoms with van der Waals surface area (Å²) < 4.78 is 5.01. The standard InChI is InChI=1S/C18H27N3O3/c1-15(14-24-2)19-17(22)13-20-8-10-21(11-9-20)18(23)12-16-6-4-3-5-7-16/h3-7,15H,8-14H2,1-2H3,(H,19,22)/t15-/m0/s1. The second kappa shape index (κ2) is 9.39. The van der Waals surface area contributed by atoms with Gasteiger partial charge in [0.15, 0.2) is 0 Å². The van der Waals surface area contributed by atoms with Crippen molar-refractivity contribution in [1.82, 2.24) is 15.1 Å². The number of hydrogen-bond acceptors (Lipinski definition) is 4. The maximum atomic E-state index is 12.3. The highest BCUT2D eigenvalue weighted by Crippen LogP contribution is 2.07. The van der Waals surface area contributed by atoms with Crippen LogP contribution < -0.4 is 5.32 Å². The maximum absolute atomic E-state index is 12.3. The monoisotopic (exact) mass is 333 g/mol. The SMILES string of the molecule is COC[C@H](C)NC(=O)CN1CCN(C(=O)Cc2ccccc2)CC1. The Balaban J connectivity index is 1.71. The fraction of sp³-hybridized carbons (Fsp3) is 0.556. The lowest BCUT2D eigenvalue weighted by atomic mass is 10.1. The Bertz CT molecular complexity index is 528. The molecule has 1 aliphatic heterocycles. The van der Waals surface area contributed by atoms with Crippen LogP contribution in [0.1, 0.15) is 12.5 Å². The van der Waals surface area contributed by atoms with Gasteiger partial charge < -0.3 is 15.0 Å². The molecular weight excluding hydrogens is 306 g/mol. The van der Waals surface area contributed by atoms with Crippen LogP contribution in [0.2, 0.25) is 0 Å². The highest BCUT2D eigenvalue weighted by Gasteiger charge is 2.22. The van der Waals surface area contributed by atoms with Crippen molar-refractivity contribution in [1.29, 1.82) is 0 Å². The molecule has 1 aromatic rings. The van der Waals surface area contributed by atoms with Crippen LogP contribution in [0.4, 0.5) is 0 Å². The summed E-state index contributed by atoms with van der Waals surface area (Å²) in [7, 11) is 1.62. The molecule has 24 heavy (non-hydrogen) atoms. The Morgan fingerprint density at radius 2 is 1.83 bits per heavy atom. The number of nitrogens with one attached hydrogen (secondary N) is 1. The van der Waals surface area contributed by atoms with Crippen molar-refractivity contribution in [3.63, 3.8) is 0 Å². The van der Waals surface area contributed by atoms with E-state index in [-0.39, 0.29) is 17.9 Å². The van der Waals surface area contributed by atoms with Crippen LogP contribution in [-0.2, 0) is 20.7 Å². The summed E-state index contributed by atoms with van der Waals surface area (Å²) >= 11 is 0.